The van der Waals surface area contributed by atoms with E-state index in [0.717, 1.165) is 68.2 Å². The number of hydrogen-bond acceptors (Lipinski definition) is 5. The molecule has 0 N–H and O–H groups in total. The Bertz CT molecular complexity index is 640. The molecule has 148 valence electrons. The summed E-state index contributed by atoms with van der Waals surface area (Å²) >= 11 is 3.41. The van der Waals surface area contributed by atoms with E-state index in [9.17, 15) is 9.59 Å². The van der Waals surface area contributed by atoms with E-state index in [-0.39, 0.29) is 23.8 Å². The molecule has 3 aliphatic heterocycles. The van der Waals surface area contributed by atoms with Crippen molar-refractivity contribution in [3.05, 3.63) is 22.4 Å². The number of carbonyl (C=O) groups is 2. The zero-order valence-electron chi connectivity index (χ0n) is 15.7. The average molecular weight is 409 g/mol. The van der Waals surface area contributed by atoms with Crippen molar-refractivity contribution in [3.63, 3.8) is 0 Å². The van der Waals surface area contributed by atoms with Gasteiger partial charge in [-0.25, -0.2) is 0 Å². The van der Waals surface area contributed by atoms with Gasteiger partial charge in [-0.15, -0.1) is 11.3 Å². The summed E-state index contributed by atoms with van der Waals surface area (Å²) in [6.45, 7) is 2.85. The Balaban J connectivity index is 1.43. The highest BCUT2D eigenvalue weighted by atomic mass is 32.2. The lowest BCUT2D eigenvalue weighted by molar-refractivity contribution is -0.140. The van der Waals surface area contributed by atoms with E-state index in [1.165, 1.54) is 11.3 Å². The first-order valence-electron chi connectivity index (χ1n) is 10.0. The van der Waals surface area contributed by atoms with Gasteiger partial charge < -0.3 is 14.5 Å². The van der Waals surface area contributed by atoms with Crippen molar-refractivity contribution >= 4 is 34.9 Å². The Morgan fingerprint density at radius 3 is 2.89 bits per heavy atom. The van der Waals surface area contributed by atoms with Crippen LogP contribution in [0.5, 0.6) is 0 Å². The predicted octanol–water partition coefficient (Wildman–Crippen LogP) is 3.11. The number of carbonyl (C=O) groups excluding carboxylic acids is 2. The molecule has 0 spiro atoms. The fourth-order valence-electron chi connectivity index (χ4n) is 4.35. The molecule has 4 heterocycles. The summed E-state index contributed by atoms with van der Waals surface area (Å²) in [7, 11) is 0. The van der Waals surface area contributed by atoms with E-state index in [1.807, 2.05) is 34.2 Å². The molecule has 7 heteroatoms. The number of amides is 2. The van der Waals surface area contributed by atoms with Crippen LogP contribution in [0.3, 0.4) is 0 Å². The maximum atomic E-state index is 13.5. The second-order valence-electron chi connectivity index (χ2n) is 7.71. The first kappa shape index (κ1) is 19.3. The van der Waals surface area contributed by atoms with Gasteiger partial charge in [0.15, 0.2) is 0 Å². The normalized spacial score (nSPS) is 28.4. The Morgan fingerprint density at radius 2 is 2.19 bits per heavy atom. The van der Waals surface area contributed by atoms with Crippen molar-refractivity contribution < 1.29 is 14.3 Å². The number of likely N-dealkylation sites (tertiary alicyclic amines) is 1. The number of hydrogen-bond donors (Lipinski definition) is 0. The molecule has 27 heavy (non-hydrogen) atoms. The number of thioether (sulfide) groups is 1. The second-order valence-corrected chi connectivity index (χ2v) is 9.81. The van der Waals surface area contributed by atoms with Gasteiger partial charge in [0.25, 0.3) is 5.91 Å². The molecular weight excluding hydrogens is 380 g/mol. The molecule has 3 saturated heterocycles. The van der Waals surface area contributed by atoms with Crippen LogP contribution in [0.2, 0.25) is 0 Å². The molecule has 0 aromatic carbocycles. The van der Waals surface area contributed by atoms with Crippen molar-refractivity contribution in [2.75, 3.05) is 37.7 Å². The highest BCUT2D eigenvalue weighted by Gasteiger charge is 2.37. The quantitative estimate of drug-likeness (QED) is 0.751. The Morgan fingerprint density at radius 1 is 1.26 bits per heavy atom. The van der Waals surface area contributed by atoms with Crippen LogP contribution < -0.4 is 0 Å². The third kappa shape index (κ3) is 4.51. The monoisotopic (exact) mass is 408 g/mol. The van der Waals surface area contributed by atoms with Gasteiger partial charge in [0.05, 0.1) is 16.9 Å². The van der Waals surface area contributed by atoms with Gasteiger partial charge in [-0.2, -0.15) is 11.8 Å². The van der Waals surface area contributed by atoms with Crippen molar-refractivity contribution in [3.8, 4) is 0 Å². The molecule has 0 radical (unpaired) electrons. The lowest BCUT2D eigenvalue weighted by Gasteiger charge is -2.37. The molecule has 0 aliphatic carbocycles. The molecule has 3 unspecified atom stereocenters. The number of rotatable bonds is 5. The summed E-state index contributed by atoms with van der Waals surface area (Å²) in [5, 5.41) is 1.93. The fourth-order valence-corrected chi connectivity index (χ4v) is 6.26. The Hall–Kier alpha value is -1.05. The maximum Gasteiger partial charge on any atom is 0.263 e. The molecule has 3 aliphatic rings. The van der Waals surface area contributed by atoms with Gasteiger partial charge >= 0.3 is 0 Å². The standard InChI is InChI=1S/C20H28N2O3S2/c23-19(22(16-7-11-26-14-16)13-17-5-2-9-25-17)15-4-1-8-21(12-15)20(24)18-6-3-10-27-18/h3,6,10,15-17H,1-2,4-5,7-9,11-14H2. The minimum atomic E-state index is -0.0744. The van der Waals surface area contributed by atoms with Gasteiger partial charge in [-0.3, -0.25) is 9.59 Å². The third-order valence-corrected chi connectivity index (χ3v) is 7.85. The topological polar surface area (TPSA) is 49.9 Å². The minimum Gasteiger partial charge on any atom is -0.376 e. The number of nitrogens with zero attached hydrogens (tertiary/aromatic N) is 2. The fraction of sp³-hybridized carbons (Fsp3) is 0.700. The van der Waals surface area contributed by atoms with Gasteiger partial charge in [0.2, 0.25) is 5.91 Å². The number of piperidine rings is 1. The third-order valence-electron chi connectivity index (χ3n) is 5.84. The smallest absolute Gasteiger partial charge is 0.263 e. The summed E-state index contributed by atoms with van der Waals surface area (Å²) < 4.78 is 5.82. The summed E-state index contributed by atoms with van der Waals surface area (Å²) in [6, 6.07) is 4.11. The zero-order valence-corrected chi connectivity index (χ0v) is 17.3. The summed E-state index contributed by atoms with van der Waals surface area (Å²) in [4.78, 5) is 30.9. The SMILES string of the molecule is O=C(c1cccs1)N1CCCC(C(=O)N(CC2CCCO2)C2CCSC2)C1. The van der Waals surface area contributed by atoms with Crippen LogP contribution in [0.1, 0.15) is 41.8 Å². The van der Waals surface area contributed by atoms with Crippen LogP contribution in [-0.4, -0.2) is 71.5 Å². The van der Waals surface area contributed by atoms with E-state index in [0.29, 0.717) is 12.6 Å². The largest absolute Gasteiger partial charge is 0.376 e. The highest BCUT2D eigenvalue weighted by Crippen LogP contribution is 2.28. The first-order chi connectivity index (χ1) is 13.2. The van der Waals surface area contributed by atoms with E-state index in [4.69, 9.17) is 4.74 Å². The van der Waals surface area contributed by atoms with Crippen LogP contribution >= 0.6 is 23.1 Å². The molecule has 0 bridgehead atoms. The molecule has 3 fully saturated rings. The summed E-state index contributed by atoms with van der Waals surface area (Å²) in [5.74, 6) is 2.40. The van der Waals surface area contributed by atoms with E-state index in [2.05, 4.69) is 4.90 Å². The van der Waals surface area contributed by atoms with Crippen molar-refractivity contribution in [2.24, 2.45) is 5.92 Å². The summed E-state index contributed by atoms with van der Waals surface area (Å²) in [5.41, 5.74) is 0. The van der Waals surface area contributed by atoms with Crippen molar-refractivity contribution in [1.82, 2.24) is 9.80 Å². The van der Waals surface area contributed by atoms with Gasteiger partial charge in [0, 0.05) is 38.0 Å². The number of thiophene rings is 1. The van der Waals surface area contributed by atoms with Crippen LogP contribution in [0, 0.1) is 5.92 Å². The highest BCUT2D eigenvalue weighted by molar-refractivity contribution is 7.99. The Kier molecular flexibility index (Phi) is 6.40. The van der Waals surface area contributed by atoms with Crippen LogP contribution in [0.15, 0.2) is 17.5 Å². The van der Waals surface area contributed by atoms with E-state index < -0.39 is 0 Å². The van der Waals surface area contributed by atoms with Crippen LogP contribution in [0.4, 0.5) is 0 Å². The zero-order chi connectivity index (χ0) is 18.6. The van der Waals surface area contributed by atoms with E-state index >= 15 is 0 Å². The molecule has 4 rings (SSSR count). The van der Waals surface area contributed by atoms with Gasteiger partial charge in [-0.05, 0) is 49.3 Å². The first-order valence-corrected chi connectivity index (χ1v) is 12.1. The molecule has 1 aromatic rings. The van der Waals surface area contributed by atoms with Crippen molar-refractivity contribution in [1.29, 1.82) is 0 Å². The van der Waals surface area contributed by atoms with Crippen LogP contribution in [-0.2, 0) is 9.53 Å². The maximum absolute atomic E-state index is 13.5. The molecule has 3 atom stereocenters. The second kappa shape index (κ2) is 8.97. The molecular formula is C20H28N2O3S2. The lowest BCUT2D eigenvalue weighted by Crippen LogP contribution is -2.51. The van der Waals surface area contributed by atoms with Gasteiger partial charge in [-0.1, -0.05) is 6.07 Å². The predicted molar refractivity (Wildman–Crippen MR) is 109 cm³/mol. The van der Waals surface area contributed by atoms with Crippen molar-refractivity contribution in [2.45, 2.75) is 44.2 Å². The molecule has 2 amide bonds. The lowest BCUT2D eigenvalue weighted by atomic mass is 9.95. The molecule has 5 nitrogen and oxygen atoms in total. The van der Waals surface area contributed by atoms with Crippen LogP contribution in [0.25, 0.3) is 0 Å². The Labute approximate surface area is 169 Å². The molecule has 1 aromatic heterocycles. The molecule has 0 saturated carbocycles. The number of ether oxygens (including phenoxy) is 1. The minimum absolute atomic E-state index is 0.0737. The summed E-state index contributed by atoms with van der Waals surface area (Å²) in [6.07, 6.45) is 5.20. The van der Waals surface area contributed by atoms with Gasteiger partial charge in [0.1, 0.15) is 0 Å². The average Bonchev–Trinajstić information content (AvgIpc) is 3.48. The van der Waals surface area contributed by atoms with E-state index in [1.54, 1.807) is 0 Å².